The summed E-state index contributed by atoms with van der Waals surface area (Å²) in [6.45, 7) is 8.22. The molecule has 0 aromatic heterocycles. The Bertz CT molecular complexity index is 601. The molecule has 4 nitrogen and oxygen atoms in total. The SMILES string of the molecule is Cc1ccc(C(C)(C)C)cc1[S@](=O)CCCS(N)(=O)=O. The smallest absolute Gasteiger partial charge is 0.209 e. The van der Waals surface area contributed by atoms with Gasteiger partial charge in [-0.2, -0.15) is 0 Å². The highest BCUT2D eigenvalue weighted by molar-refractivity contribution is 7.89. The van der Waals surface area contributed by atoms with E-state index in [1.807, 2.05) is 25.1 Å². The van der Waals surface area contributed by atoms with Crippen LogP contribution in [0.5, 0.6) is 0 Å². The molecular formula is C14H23NO3S2. The molecule has 0 aliphatic rings. The third-order valence-corrected chi connectivity index (χ3v) is 5.51. The van der Waals surface area contributed by atoms with Crippen molar-refractivity contribution in [1.29, 1.82) is 0 Å². The standard InChI is InChI=1S/C14H23NO3S2/c1-11-6-7-12(14(2,3)4)10-13(11)19(16)8-5-9-20(15,17)18/h6-7,10H,5,8-9H2,1-4H3,(H2,15,17,18)/t19-/m1/s1. The van der Waals surface area contributed by atoms with E-state index in [2.05, 4.69) is 20.8 Å². The number of benzene rings is 1. The minimum atomic E-state index is -3.48. The van der Waals surface area contributed by atoms with Crippen molar-refractivity contribution in [2.45, 2.75) is 44.4 Å². The predicted octanol–water partition coefficient (Wildman–Crippen LogP) is 2.08. The van der Waals surface area contributed by atoms with Crippen LogP contribution >= 0.6 is 0 Å². The van der Waals surface area contributed by atoms with Crippen LogP contribution in [-0.2, 0) is 26.2 Å². The van der Waals surface area contributed by atoms with Crippen LogP contribution in [0, 0.1) is 6.92 Å². The van der Waals surface area contributed by atoms with Crippen LogP contribution in [0.25, 0.3) is 0 Å². The fourth-order valence-electron chi connectivity index (χ4n) is 1.81. The Hall–Kier alpha value is -0.720. The summed E-state index contributed by atoms with van der Waals surface area (Å²) >= 11 is 0. The van der Waals surface area contributed by atoms with Gasteiger partial charge in [0.15, 0.2) is 0 Å². The molecule has 1 aromatic carbocycles. The molecule has 0 aliphatic carbocycles. The number of hydrogen-bond acceptors (Lipinski definition) is 3. The molecule has 0 amide bonds. The van der Waals surface area contributed by atoms with Crippen molar-refractivity contribution in [3.05, 3.63) is 29.3 Å². The van der Waals surface area contributed by atoms with Gasteiger partial charge in [0.2, 0.25) is 10.0 Å². The molecule has 20 heavy (non-hydrogen) atoms. The molecule has 6 heteroatoms. The fraction of sp³-hybridized carbons (Fsp3) is 0.571. The molecule has 0 bridgehead atoms. The van der Waals surface area contributed by atoms with Crippen molar-refractivity contribution < 1.29 is 12.6 Å². The second kappa shape index (κ2) is 6.37. The number of primary sulfonamides is 1. The first-order valence-corrected chi connectivity index (χ1v) is 9.54. The van der Waals surface area contributed by atoms with Gasteiger partial charge in [-0.05, 0) is 36.0 Å². The third-order valence-electron chi connectivity index (χ3n) is 3.06. The lowest BCUT2D eigenvalue weighted by Gasteiger charge is -2.20. The molecule has 1 rings (SSSR count). The average molecular weight is 317 g/mol. The van der Waals surface area contributed by atoms with Crippen LogP contribution in [0.2, 0.25) is 0 Å². The minimum absolute atomic E-state index is 0.00670. The van der Waals surface area contributed by atoms with Crippen LogP contribution < -0.4 is 5.14 Å². The summed E-state index contributed by atoms with van der Waals surface area (Å²) in [4.78, 5) is 0.784. The summed E-state index contributed by atoms with van der Waals surface area (Å²) in [5.74, 6) is 0.182. The second-order valence-corrected chi connectivity index (χ2v) is 9.27. The maximum Gasteiger partial charge on any atom is 0.209 e. The molecular weight excluding hydrogens is 294 g/mol. The van der Waals surface area contributed by atoms with Gasteiger partial charge in [-0.15, -0.1) is 0 Å². The maximum atomic E-state index is 12.3. The molecule has 0 fully saturated rings. The molecule has 0 spiro atoms. The number of nitrogens with two attached hydrogens (primary N) is 1. The highest BCUT2D eigenvalue weighted by Crippen LogP contribution is 2.26. The highest BCUT2D eigenvalue weighted by Gasteiger charge is 2.17. The Morgan fingerprint density at radius 2 is 1.85 bits per heavy atom. The Labute approximate surface area is 124 Å². The summed E-state index contributed by atoms with van der Waals surface area (Å²) in [6, 6.07) is 5.97. The van der Waals surface area contributed by atoms with Crippen molar-refractivity contribution in [1.82, 2.24) is 0 Å². The quantitative estimate of drug-likeness (QED) is 0.903. The summed E-state index contributed by atoms with van der Waals surface area (Å²) < 4.78 is 34.1. The van der Waals surface area contributed by atoms with Gasteiger partial charge in [-0.1, -0.05) is 32.9 Å². The monoisotopic (exact) mass is 317 g/mol. The number of aryl methyl sites for hydroxylation is 1. The number of hydrogen-bond donors (Lipinski definition) is 1. The lowest BCUT2D eigenvalue weighted by Crippen LogP contribution is -2.18. The average Bonchev–Trinajstić information content (AvgIpc) is 2.25. The summed E-state index contributed by atoms with van der Waals surface area (Å²) in [7, 11) is -4.67. The van der Waals surface area contributed by atoms with Gasteiger partial charge in [0.25, 0.3) is 0 Å². The zero-order chi connectivity index (χ0) is 15.6. The molecule has 0 aliphatic heterocycles. The Balaban J connectivity index is 2.87. The van der Waals surface area contributed by atoms with Crippen LogP contribution in [0.15, 0.2) is 23.1 Å². The van der Waals surface area contributed by atoms with Crippen molar-refractivity contribution in [2.24, 2.45) is 5.14 Å². The van der Waals surface area contributed by atoms with Gasteiger partial charge in [0.05, 0.1) is 16.6 Å². The molecule has 0 heterocycles. The lowest BCUT2D eigenvalue weighted by atomic mass is 9.87. The second-order valence-electron chi connectivity index (χ2n) is 6.00. The van der Waals surface area contributed by atoms with Crippen molar-refractivity contribution in [2.75, 3.05) is 11.5 Å². The van der Waals surface area contributed by atoms with E-state index < -0.39 is 20.8 Å². The van der Waals surface area contributed by atoms with E-state index in [-0.39, 0.29) is 11.2 Å². The molecule has 2 N–H and O–H groups in total. The molecule has 1 aromatic rings. The zero-order valence-electron chi connectivity index (χ0n) is 12.5. The first-order chi connectivity index (χ1) is 9.00. The van der Waals surface area contributed by atoms with E-state index in [1.165, 1.54) is 0 Å². The largest absolute Gasteiger partial charge is 0.254 e. The zero-order valence-corrected chi connectivity index (χ0v) is 14.1. The first kappa shape index (κ1) is 17.3. The Kier molecular flexibility index (Phi) is 5.52. The number of sulfonamides is 1. The molecule has 0 saturated carbocycles. The van der Waals surface area contributed by atoms with Crippen molar-refractivity contribution in [3.8, 4) is 0 Å². The van der Waals surface area contributed by atoms with Gasteiger partial charge in [-0.3, -0.25) is 4.21 Å². The van der Waals surface area contributed by atoms with E-state index in [9.17, 15) is 12.6 Å². The minimum Gasteiger partial charge on any atom is -0.254 e. The van der Waals surface area contributed by atoms with E-state index in [0.717, 1.165) is 16.0 Å². The highest BCUT2D eigenvalue weighted by atomic mass is 32.2. The first-order valence-electron chi connectivity index (χ1n) is 6.51. The van der Waals surface area contributed by atoms with Crippen LogP contribution in [0.4, 0.5) is 0 Å². The van der Waals surface area contributed by atoms with Crippen molar-refractivity contribution >= 4 is 20.8 Å². The van der Waals surface area contributed by atoms with E-state index >= 15 is 0 Å². The summed E-state index contributed by atoms with van der Waals surface area (Å²) in [5.41, 5.74) is 2.08. The molecule has 0 unspecified atom stereocenters. The van der Waals surface area contributed by atoms with Gasteiger partial charge in [0, 0.05) is 10.6 Å². The molecule has 0 saturated heterocycles. The Morgan fingerprint density at radius 1 is 1.25 bits per heavy atom. The van der Waals surface area contributed by atoms with Crippen LogP contribution in [-0.4, -0.2) is 24.1 Å². The van der Waals surface area contributed by atoms with Gasteiger partial charge in [-0.25, -0.2) is 13.6 Å². The van der Waals surface area contributed by atoms with Gasteiger partial charge >= 0.3 is 0 Å². The normalized spacial score (nSPS) is 14.2. The third kappa shape index (κ3) is 5.34. The van der Waals surface area contributed by atoms with E-state index in [4.69, 9.17) is 5.14 Å². The lowest BCUT2D eigenvalue weighted by molar-refractivity contribution is 0.588. The van der Waals surface area contributed by atoms with E-state index in [1.54, 1.807) is 0 Å². The van der Waals surface area contributed by atoms with E-state index in [0.29, 0.717) is 12.2 Å². The molecule has 114 valence electrons. The number of rotatable bonds is 5. The fourth-order valence-corrected chi connectivity index (χ4v) is 3.85. The van der Waals surface area contributed by atoms with Crippen LogP contribution in [0.1, 0.15) is 38.3 Å². The van der Waals surface area contributed by atoms with Crippen LogP contribution in [0.3, 0.4) is 0 Å². The predicted molar refractivity (Wildman–Crippen MR) is 83.7 cm³/mol. The summed E-state index contributed by atoms with van der Waals surface area (Å²) in [6.07, 6.45) is 0.310. The Morgan fingerprint density at radius 3 is 2.35 bits per heavy atom. The van der Waals surface area contributed by atoms with Gasteiger partial charge < -0.3 is 0 Å². The van der Waals surface area contributed by atoms with Crippen molar-refractivity contribution in [3.63, 3.8) is 0 Å². The topological polar surface area (TPSA) is 77.2 Å². The maximum absolute atomic E-state index is 12.3. The summed E-state index contributed by atoms with van der Waals surface area (Å²) in [5, 5.41) is 4.94. The molecule has 1 atom stereocenters. The molecule has 0 radical (unpaired) electrons. The van der Waals surface area contributed by atoms with Gasteiger partial charge in [0.1, 0.15) is 0 Å².